The second-order valence-corrected chi connectivity index (χ2v) is 5.01. The molecule has 0 atom stereocenters. The first-order chi connectivity index (χ1) is 9.52. The lowest BCUT2D eigenvalue weighted by atomic mass is 10.1. The third-order valence-corrected chi connectivity index (χ3v) is 3.84. The van der Waals surface area contributed by atoms with Crippen molar-refractivity contribution in [2.24, 2.45) is 0 Å². The fourth-order valence-corrected chi connectivity index (χ4v) is 2.54. The lowest BCUT2D eigenvalue weighted by Crippen LogP contribution is -2.30. The fraction of sp³-hybridized carbons (Fsp3) is 0.0667. The van der Waals surface area contributed by atoms with Crippen LogP contribution in [0.4, 0.5) is 11.4 Å². The standard InChI is InChI=1S/C15H11ClN2O2/c1-8-10(16)5-3-7-12(8)18-14(19)9-4-2-6-11(17)13(9)15(18)20/h2-7H,17H2,1H3. The molecule has 0 saturated heterocycles. The van der Waals surface area contributed by atoms with Crippen LogP contribution in [0.3, 0.4) is 0 Å². The van der Waals surface area contributed by atoms with Gasteiger partial charge >= 0.3 is 0 Å². The van der Waals surface area contributed by atoms with E-state index in [0.717, 1.165) is 4.90 Å². The Morgan fingerprint density at radius 1 is 1.05 bits per heavy atom. The maximum absolute atomic E-state index is 12.5. The van der Waals surface area contributed by atoms with Crippen LogP contribution in [0.5, 0.6) is 0 Å². The highest BCUT2D eigenvalue weighted by molar-refractivity contribution is 6.37. The van der Waals surface area contributed by atoms with Crippen LogP contribution in [0.15, 0.2) is 36.4 Å². The van der Waals surface area contributed by atoms with Gasteiger partial charge in [0.05, 0.1) is 16.8 Å². The second-order valence-electron chi connectivity index (χ2n) is 4.60. The zero-order chi connectivity index (χ0) is 14.4. The third-order valence-electron chi connectivity index (χ3n) is 3.43. The van der Waals surface area contributed by atoms with E-state index in [4.69, 9.17) is 17.3 Å². The van der Waals surface area contributed by atoms with Gasteiger partial charge in [-0.25, -0.2) is 4.90 Å². The monoisotopic (exact) mass is 286 g/mol. The van der Waals surface area contributed by atoms with Crippen molar-refractivity contribution in [3.05, 3.63) is 58.1 Å². The molecule has 0 unspecified atom stereocenters. The van der Waals surface area contributed by atoms with Crippen LogP contribution in [0.1, 0.15) is 26.3 Å². The Morgan fingerprint density at radius 2 is 1.75 bits per heavy atom. The molecule has 1 aliphatic rings. The van der Waals surface area contributed by atoms with Crippen LogP contribution in [0.25, 0.3) is 0 Å². The minimum Gasteiger partial charge on any atom is -0.398 e. The molecule has 0 aliphatic carbocycles. The van der Waals surface area contributed by atoms with Gasteiger partial charge in [-0.1, -0.05) is 23.7 Å². The van der Waals surface area contributed by atoms with Crippen molar-refractivity contribution < 1.29 is 9.59 Å². The molecule has 0 saturated carbocycles. The van der Waals surface area contributed by atoms with Crippen molar-refractivity contribution >= 4 is 34.8 Å². The van der Waals surface area contributed by atoms with E-state index in [0.29, 0.717) is 27.5 Å². The fourth-order valence-electron chi connectivity index (χ4n) is 2.37. The molecular formula is C15H11ClN2O2. The minimum atomic E-state index is -0.409. The van der Waals surface area contributed by atoms with E-state index in [1.54, 1.807) is 43.3 Å². The molecule has 1 heterocycles. The molecule has 2 aromatic rings. The Labute approximate surface area is 120 Å². The summed E-state index contributed by atoms with van der Waals surface area (Å²) < 4.78 is 0. The number of fused-ring (bicyclic) bond motifs is 1. The van der Waals surface area contributed by atoms with Crippen LogP contribution < -0.4 is 10.6 Å². The smallest absolute Gasteiger partial charge is 0.268 e. The molecule has 0 aromatic heterocycles. The summed E-state index contributed by atoms with van der Waals surface area (Å²) in [7, 11) is 0. The highest BCUT2D eigenvalue weighted by atomic mass is 35.5. The zero-order valence-electron chi connectivity index (χ0n) is 10.7. The quantitative estimate of drug-likeness (QED) is 0.647. The zero-order valence-corrected chi connectivity index (χ0v) is 11.4. The third kappa shape index (κ3) is 1.62. The average molecular weight is 287 g/mol. The van der Waals surface area contributed by atoms with Crippen molar-refractivity contribution in [2.45, 2.75) is 6.92 Å². The molecule has 0 bridgehead atoms. The molecule has 20 heavy (non-hydrogen) atoms. The Morgan fingerprint density at radius 3 is 2.45 bits per heavy atom. The minimum absolute atomic E-state index is 0.261. The molecule has 2 amide bonds. The number of amides is 2. The van der Waals surface area contributed by atoms with E-state index in [-0.39, 0.29) is 11.5 Å². The normalized spacial score (nSPS) is 13.8. The van der Waals surface area contributed by atoms with E-state index in [2.05, 4.69) is 0 Å². The van der Waals surface area contributed by atoms with E-state index >= 15 is 0 Å². The maximum atomic E-state index is 12.5. The molecule has 2 N–H and O–H groups in total. The number of carbonyl (C=O) groups is 2. The predicted octanol–water partition coefficient (Wildman–Crippen LogP) is 3.03. The van der Waals surface area contributed by atoms with Gasteiger partial charge in [0.25, 0.3) is 11.8 Å². The first-order valence-electron chi connectivity index (χ1n) is 6.04. The van der Waals surface area contributed by atoms with Crippen molar-refractivity contribution in [1.29, 1.82) is 0 Å². The summed E-state index contributed by atoms with van der Waals surface area (Å²) in [6.45, 7) is 1.77. The highest BCUT2D eigenvalue weighted by Gasteiger charge is 2.38. The molecule has 100 valence electrons. The molecule has 0 radical (unpaired) electrons. The largest absolute Gasteiger partial charge is 0.398 e. The van der Waals surface area contributed by atoms with E-state index in [1.807, 2.05) is 0 Å². The van der Waals surface area contributed by atoms with Crippen molar-refractivity contribution in [2.75, 3.05) is 10.6 Å². The molecule has 1 aliphatic heterocycles. The summed E-state index contributed by atoms with van der Waals surface area (Å²) in [5, 5.41) is 0.507. The van der Waals surface area contributed by atoms with Gasteiger partial charge in [0.15, 0.2) is 0 Å². The number of hydrogen-bond donors (Lipinski definition) is 1. The Kier molecular flexibility index (Phi) is 2.76. The van der Waals surface area contributed by atoms with Crippen molar-refractivity contribution in [1.82, 2.24) is 0 Å². The molecule has 4 nitrogen and oxygen atoms in total. The second kappa shape index (κ2) is 4.35. The summed E-state index contributed by atoms with van der Waals surface area (Å²) in [6.07, 6.45) is 0. The van der Waals surface area contributed by atoms with Gasteiger partial charge in [0.1, 0.15) is 0 Å². The van der Waals surface area contributed by atoms with Gasteiger partial charge in [-0.3, -0.25) is 9.59 Å². The molecule has 0 fully saturated rings. The molecular weight excluding hydrogens is 276 g/mol. The summed E-state index contributed by atoms with van der Waals surface area (Å²) in [5.74, 6) is -0.781. The van der Waals surface area contributed by atoms with Gasteiger partial charge in [-0.15, -0.1) is 0 Å². The van der Waals surface area contributed by atoms with Crippen LogP contribution in [0.2, 0.25) is 5.02 Å². The number of hydrogen-bond acceptors (Lipinski definition) is 3. The molecule has 5 heteroatoms. The maximum Gasteiger partial charge on any atom is 0.268 e. The predicted molar refractivity (Wildman–Crippen MR) is 78.2 cm³/mol. The van der Waals surface area contributed by atoms with Gasteiger partial charge in [0, 0.05) is 10.7 Å². The average Bonchev–Trinajstić information content (AvgIpc) is 2.67. The first kappa shape index (κ1) is 12.7. The highest BCUT2D eigenvalue weighted by Crippen LogP contribution is 2.35. The first-order valence-corrected chi connectivity index (χ1v) is 6.42. The van der Waals surface area contributed by atoms with Gasteiger partial charge in [0.2, 0.25) is 0 Å². The van der Waals surface area contributed by atoms with Gasteiger partial charge in [-0.2, -0.15) is 0 Å². The Balaban J connectivity index is 2.20. The Bertz CT molecular complexity index is 756. The van der Waals surface area contributed by atoms with Gasteiger partial charge < -0.3 is 5.73 Å². The Hall–Kier alpha value is -2.33. The van der Waals surface area contributed by atoms with Crippen molar-refractivity contribution in [3.8, 4) is 0 Å². The topological polar surface area (TPSA) is 63.4 Å². The summed E-state index contributed by atoms with van der Waals surface area (Å²) in [5.41, 5.74) is 7.88. The van der Waals surface area contributed by atoms with Crippen molar-refractivity contribution in [3.63, 3.8) is 0 Å². The number of anilines is 2. The molecule has 0 spiro atoms. The lowest BCUT2D eigenvalue weighted by Gasteiger charge is -2.17. The van der Waals surface area contributed by atoms with Crippen LogP contribution in [0, 0.1) is 6.92 Å². The van der Waals surface area contributed by atoms with Crippen LogP contribution in [-0.2, 0) is 0 Å². The molecule has 3 rings (SSSR count). The number of imide groups is 1. The number of nitrogen functional groups attached to an aromatic ring is 1. The number of carbonyl (C=O) groups excluding carboxylic acids is 2. The SMILES string of the molecule is Cc1c(Cl)cccc1N1C(=O)c2cccc(N)c2C1=O. The summed E-state index contributed by atoms with van der Waals surface area (Å²) in [6, 6.07) is 9.99. The molecule has 2 aromatic carbocycles. The van der Waals surface area contributed by atoms with E-state index in [9.17, 15) is 9.59 Å². The van der Waals surface area contributed by atoms with Crippen LogP contribution >= 0.6 is 11.6 Å². The van der Waals surface area contributed by atoms with E-state index in [1.165, 1.54) is 0 Å². The lowest BCUT2D eigenvalue weighted by molar-refractivity contribution is 0.0926. The number of benzene rings is 2. The van der Waals surface area contributed by atoms with E-state index < -0.39 is 5.91 Å². The van der Waals surface area contributed by atoms with Crippen LogP contribution in [-0.4, -0.2) is 11.8 Å². The number of nitrogens with two attached hydrogens (primary N) is 1. The number of nitrogens with zero attached hydrogens (tertiary/aromatic N) is 1. The van der Waals surface area contributed by atoms with Gasteiger partial charge in [-0.05, 0) is 36.8 Å². The number of halogens is 1. The number of rotatable bonds is 1. The summed E-state index contributed by atoms with van der Waals surface area (Å²) in [4.78, 5) is 26.0. The summed E-state index contributed by atoms with van der Waals surface area (Å²) >= 11 is 6.06.